The van der Waals surface area contributed by atoms with Crippen molar-refractivity contribution in [1.82, 2.24) is 0 Å². The van der Waals surface area contributed by atoms with E-state index < -0.39 is 0 Å². The molecule has 0 aliphatic carbocycles. The summed E-state index contributed by atoms with van der Waals surface area (Å²) >= 11 is 3.40. The summed E-state index contributed by atoms with van der Waals surface area (Å²) in [5, 5.41) is 11.6. The van der Waals surface area contributed by atoms with Gasteiger partial charge < -0.3 is 9.73 Å². The first kappa shape index (κ1) is 17.4. The number of carbonyl (C=O) groups is 1. The molecule has 0 spiro atoms. The third kappa shape index (κ3) is 4.17. The van der Waals surface area contributed by atoms with Gasteiger partial charge in [-0.3, -0.25) is 10.2 Å². The predicted octanol–water partition coefficient (Wildman–Crippen LogP) is 5.27. The molecule has 3 rings (SSSR count). The van der Waals surface area contributed by atoms with Crippen LogP contribution in [0.4, 0.5) is 5.69 Å². The molecule has 128 valence electrons. The van der Waals surface area contributed by atoms with Crippen molar-refractivity contribution >= 4 is 38.5 Å². The van der Waals surface area contributed by atoms with Crippen molar-refractivity contribution in [2.75, 3.05) is 5.32 Å². The third-order valence-corrected chi connectivity index (χ3v) is 4.50. The van der Waals surface area contributed by atoms with Gasteiger partial charge in [-0.2, -0.15) is 0 Å². The molecular weight excluding hydrogens is 380 g/mol. The Hall–Kier alpha value is -2.40. The average Bonchev–Trinajstić information content (AvgIpc) is 2.61. The fourth-order valence-electron chi connectivity index (χ4n) is 2.61. The molecule has 0 aliphatic rings. The maximum absolute atomic E-state index is 12.5. The van der Waals surface area contributed by atoms with Crippen molar-refractivity contribution in [2.45, 2.75) is 26.2 Å². The highest BCUT2D eigenvalue weighted by Gasteiger charge is 2.12. The van der Waals surface area contributed by atoms with Gasteiger partial charge in [0.15, 0.2) is 0 Å². The van der Waals surface area contributed by atoms with Crippen LogP contribution >= 0.6 is 15.9 Å². The van der Waals surface area contributed by atoms with E-state index in [-0.39, 0.29) is 17.0 Å². The second-order valence-electron chi connectivity index (χ2n) is 5.93. The molecule has 1 aromatic heterocycles. The Morgan fingerprint density at radius 1 is 1.16 bits per heavy atom. The van der Waals surface area contributed by atoms with Crippen molar-refractivity contribution in [2.24, 2.45) is 0 Å². The second-order valence-corrected chi connectivity index (χ2v) is 6.84. The molecule has 4 nitrogen and oxygen atoms in total. The fourth-order valence-corrected chi connectivity index (χ4v) is 2.99. The monoisotopic (exact) mass is 398 g/mol. The minimum absolute atomic E-state index is 0.146. The topological polar surface area (TPSA) is 66.1 Å². The lowest BCUT2D eigenvalue weighted by Gasteiger charge is -2.07. The van der Waals surface area contributed by atoms with Crippen molar-refractivity contribution in [3.8, 4) is 0 Å². The van der Waals surface area contributed by atoms with E-state index in [2.05, 4.69) is 28.2 Å². The van der Waals surface area contributed by atoms with Gasteiger partial charge in [0.2, 0.25) is 5.55 Å². The van der Waals surface area contributed by atoms with Crippen LogP contribution in [0.1, 0.15) is 35.7 Å². The Kier molecular flexibility index (Phi) is 5.34. The highest BCUT2D eigenvalue weighted by molar-refractivity contribution is 9.10. The summed E-state index contributed by atoms with van der Waals surface area (Å²) in [5.74, 6) is -0.350. The fraction of sp³-hybridized carbons (Fsp3) is 0.200. The zero-order chi connectivity index (χ0) is 17.8. The van der Waals surface area contributed by atoms with E-state index in [1.165, 1.54) is 5.56 Å². The number of carbonyl (C=O) groups excluding carboxylic acids is 1. The number of fused-ring (bicyclic) bond motifs is 1. The number of nitrogens with one attached hydrogen (secondary N) is 2. The van der Waals surface area contributed by atoms with Crippen LogP contribution in [0.2, 0.25) is 0 Å². The Balaban J connectivity index is 1.82. The highest BCUT2D eigenvalue weighted by atomic mass is 79.9. The number of unbranched alkanes of at least 4 members (excludes halogenated alkanes) is 1. The molecule has 0 saturated heterocycles. The van der Waals surface area contributed by atoms with Crippen molar-refractivity contribution in [3.63, 3.8) is 0 Å². The molecule has 0 atom stereocenters. The van der Waals surface area contributed by atoms with Crippen LogP contribution in [0.3, 0.4) is 0 Å². The van der Waals surface area contributed by atoms with E-state index >= 15 is 0 Å². The molecule has 25 heavy (non-hydrogen) atoms. The van der Waals surface area contributed by atoms with E-state index in [0.29, 0.717) is 11.3 Å². The molecule has 1 heterocycles. The first-order valence-corrected chi connectivity index (χ1v) is 9.04. The normalized spacial score (nSPS) is 10.8. The van der Waals surface area contributed by atoms with Crippen LogP contribution in [-0.2, 0) is 6.42 Å². The van der Waals surface area contributed by atoms with Crippen LogP contribution < -0.4 is 10.9 Å². The molecule has 1 amide bonds. The van der Waals surface area contributed by atoms with Crippen molar-refractivity contribution in [1.29, 1.82) is 5.41 Å². The van der Waals surface area contributed by atoms with Gasteiger partial charge >= 0.3 is 0 Å². The molecule has 0 saturated carbocycles. The molecule has 0 radical (unpaired) electrons. The van der Waals surface area contributed by atoms with Gasteiger partial charge in [-0.25, -0.2) is 0 Å². The zero-order valence-electron chi connectivity index (χ0n) is 13.9. The SMILES string of the molecule is CCCCc1ccc(NC(=O)c2cc3cc(Br)ccc3oc2=N)cc1. The number of hydrogen-bond acceptors (Lipinski definition) is 3. The minimum Gasteiger partial charge on any atom is -0.438 e. The minimum atomic E-state index is -0.350. The molecule has 0 aliphatic heterocycles. The van der Waals surface area contributed by atoms with Crippen LogP contribution in [0.25, 0.3) is 11.0 Å². The van der Waals surface area contributed by atoms with E-state index in [1.807, 2.05) is 36.4 Å². The van der Waals surface area contributed by atoms with Crippen LogP contribution in [-0.4, -0.2) is 5.91 Å². The van der Waals surface area contributed by atoms with Gasteiger partial charge in [-0.1, -0.05) is 41.4 Å². The molecule has 2 N–H and O–H groups in total. The summed E-state index contributed by atoms with van der Waals surface area (Å²) in [5.41, 5.74) is 2.60. The van der Waals surface area contributed by atoms with E-state index in [9.17, 15) is 4.79 Å². The molecule has 5 heteroatoms. The Bertz CT molecular complexity index is 962. The lowest BCUT2D eigenvalue weighted by molar-refractivity contribution is 0.102. The van der Waals surface area contributed by atoms with Gasteiger partial charge in [-0.05, 0) is 54.8 Å². The van der Waals surface area contributed by atoms with E-state index in [1.54, 1.807) is 12.1 Å². The lowest BCUT2D eigenvalue weighted by Crippen LogP contribution is -2.20. The van der Waals surface area contributed by atoms with Gasteiger partial charge in [0, 0.05) is 15.5 Å². The molecule has 2 aromatic carbocycles. The lowest BCUT2D eigenvalue weighted by atomic mass is 10.1. The Morgan fingerprint density at radius 2 is 1.92 bits per heavy atom. The predicted molar refractivity (Wildman–Crippen MR) is 103 cm³/mol. The second kappa shape index (κ2) is 7.66. The van der Waals surface area contributed by atoms with Gasteiger partial charge in [0.05, 0.1) is 0 Å². The van der Waals surface area contributed by atoms with E-state index in [4.69, 9.17) is 9.83 Å². The van der Waals surface area contributed by atoms with Gasteiger partial charge in [0.1, 0.15) is 11.1 Å². The maximum atomic E-state index is 12.5. The first-order chi connectivity index (χ1) is 12.1. The smallest absolute Gasteiger partial charge is 0.261 e. The third-order valence-electron chi connectivity index (χ3n) is 4.00. The Morgan fingerprint density at radius 3 is 2.64 bits per heavy atom. The number of anilines is 1. The van der Waals surface area contributed by atoms with E-state index in [0.717, 1.165) is 29.1 Å². The van der Waals surface area contributed by atoms with Crippen LogP contribution in [0, 0.1) is 5.41 Å². The van der Waals surface area contributed by atoms with Gasteiger partial charge in [-0.15, -0.1) is 0 Å². The standard InChI is InChI=1S/C20H19BrN2O2/c1-2-3-4-13-5-8-16(9-6-13)23-20(24)17-12-14-11-15(21)7-10-18(14)25-19(17)22/h5-12,22H,2-4H2,1H3,(H,23,24). The zero-order valence-corrected chi connectivity index (χ0v) is 15.5. The summed E-state index contributed by atoms with van der Waals surface area (Å²) < 4.78 is 6.35. The highest BCUT2D eigenvalue weighted by Crippen LogP contribution is 2.20. The summed E-state index contributed by atoms with van der Waals surface area (Å²) in [7, 11) is 0. The molecule has 0 fully saturated rings. The number of rotatable bonds is 5. The molecule has 0 bridgehead atoms. The molecule has 0 unspecified atom stereocenters. The molecular formula is C20H19BrN2O2. The first-order valence-electron chi connectivity index (χ1n) is 8.25. The average molecular weight is 399 g/mol. The van der Waals surface area contributed by atoms with Crippen LogP contribution in [0.15, 0.2) is 57.4 Å². The number of amides is 1. The summed E-state index contributed by atoms with van der Waals surface area (Å²) in [6.07, 6.45) is 3.36. The van der Waals surface area contributed by atoms with Crippen molar-refractivity contribution in [3.05, 3.63) is 69.7 Å². The summed E-state index contributed by atoms with van der Waals surface area (Å²) in [6, 6.07) is 15.0. The quantitative estimate of drug-likeness (QED) is 0.614. The van der Waals surface area contributed by atoms with Crippen molar-refractivity contribution < 1.29 is 9.21 Å². The molecule has 3 aromatic rings. The number of aryl methyl sites for hydroxylation is 1. The largest absolute Gasteiger partial charge is 0.438 e. The van der Waals surface area contributed by atoms with Crippen LogP contribution in [0.5, 0.6) is 0 Å². The van der Waals surface area contributed by atoms with Gasteiger partial charge in [0.25, 0.3) is 5.91 Å². The number of benzene rings is 2. The number of hydrogen-bond donors (Lipinski definition) is 2. The Labute approximate surface area is 154 Å². The summed E-state index contributed by atoms with van der Waals surface area (Å²) in [6.45, 7) is 2.17. The number of halogens is 1. The summed E-state index contributed by atoms with van der Waals surface area (Å²) in [4.78, 5) is 12.5. The maximum Gasteiger partial charge on any atom is 0.261 e.